The van der Waals surface area contributed by atoms with Crippen LogP contribution < -0.4 is 11.3 Å². The van der Waals surface area contributed by atoms with Gasteiger partial charge < -0.3 is 5.43 Å². The molecule has 1 aromatic heterocycles. The molecule has 0 fully saturated rings. The lowest BCUT2D eigenvalue weighted by Gasteiger charge is -2.10. The third kappa shape index (κ3) is 3.45. The molecule has 0 spiro atoms. The van der Waals surface area contributed by atoms with Gasteiger partial charge in [-0.05, 0) is 26.3 Å². The van der Waals surface area contributed by atoms with Crippen molar-refractivity contribution < 1.29 is 0 Å². The van der Waals surface area contributed by atoms with Crippen LogP contribution in [0.1, 0.15) is 22.5 Å². The Balaban J connectivity index is 2.17. The van der Waals surface area contributed by atoms with E-state index in [-0.39, 0.29) is 0 Å². The Labute approximate surface area is 117 Å². The number of hydrogen-bond donors (Lipinski definition) is 2. The molecular weight excluding hydrogens is 256 g/mol. The Morgan fingerprint density at radius 1 is 1.21 bits per heavy atom. The number of thioether (sulfide) groups is 1. The van der Waals surface area contributed by atoms with Gasteiger partial charge in [0.15, 0.2) is 0 Å². The van der Waals surface area contributed by atoms with Crippen LogP contribution in [0.15, 0.2) is 29.3 Å². The maximum Gasteiger partial charge on any atom is 0.147 e. The van der Waals surface area contributed by atoms with E-state index in [1.807, 2.05) is 13.8 Å². The van der Waals surface area contributed by atoms with Crippen molar-refractivity contribution >= 4 is 17.6 Å². The monoisotopic (exact) mass is 274 g/mol. The third-order valence-electron chi connectivity index (χ3n) is 2.81. The van der Waals surface area contributed by atoms with Crippen LogP contribution in [-0.2, 0) is 5.75 Å². The summed E-state index contributed by atoms with van der Waals surface area (Å²) in [6.45, 7) is 5.95. The molecule has 4 nitrogen and oxygen atoms in total. The van der Waals surface area contributed by atoms with Crippen molar-refractivity contribution in [3.63, 3.8) is 0 Å². The van der Waals surface area contributed by atoms with Gasteiger partial charge in [-0.15, -0.1) is 11.8 Å². The number of hydrazine groups is 1. The fourth-order valence-electron chi connectivity index (χ4n) is 1.84. The Bertz CT molecular complexity index is 584. The number of aryl methyl sites for hydroxylation is 2. The first-order valence-corrected chi connectivity index (χ1v) is 7.09. The second kappa shape index (κ2) is 6.04. The summed E-state index contributed by atoms with van der Waals surface area (Å²) in [4.78, 5) is 8.74. The molecule has 3 N–H and O–H groups in total. The molecule has 5 heteroatoms. The zero-order chi connectivity index (χ0) is 13.8. The Kier molecular flexibility index (Phi) is 4.39. The van der Waals surface area contributed by atoms with Crippen molar-refractivity contribution in [1.82, 2.24) is 9.97 Å². The van der Waals surface area contributed by atoms with Gasteiger partial charge in [-0.25, -0.2) is 15.8 Å². The van der Waals surface area contributed by atoms with Crippen LogP contribution in [-0.4, -0.2) is 9.97 Å². The number of nitrogen functional groups attached to an aromatic ring is 1. The van der Waals surface area contributed by atoms with Crippen LogP contribution >= 0.6 is 11.8 Å². The molecule has 0 atom stereocenters. The molecule has 0 aliphatic carbocycles. The van der Waals surface area contributed by atoms with E-state index in [2.05, 4.69) is 46.6 Å². The minimum Gasteiger partial charge on any atom is -0.308 e. The molecule has 0 bridgehead atoms. The van der Waals surface area contributed by atoms with E-state index >= 15 is 0 Å². The van der Waals surface area contributed by atoms with Crippen LogP contribution in [0.3, 0.4) is 0 Å². The van der Waals surface area contributed by atoms with Crippen LogP contribution in [0.5, 0.6) is 0 Å². The largest absolute Gasteiger partial charge is 0.308 e. The zero-order valence-electron chi connectivity index (χ0n) is 11.4. The number of nitrogens with zero attached hydrogens (tertiary/aromatic N) is 2. The molecule has 0 saturated heterocycles. The Hall–Kier alpha value is -1.59. The topological polar surface area (TPSA) is 63.8 Å². The van der Waals surface area contributed by atoms with Gasteiger partial charge in [0.25, 0.3) is 0 Å². The summed E-state index contributed by atoms with van der Waals surface area (Å²) in [6.07, 6.45) is 0. The van der Waals surface area contributed by atoms with Crippen molar-refractivity contribution in [2.45, 2.75) is 31.6 Å². The predicted molar refractivity (Wildman–Crippen MR) is 80.1 cm³/mol. The average Bonchev–Trinajstić information content (AvgIpc) is 2.39. The van der Waals surface area contributed by atoms with E-state index in [1.54, 1.807) is 11.8 Å². The number of hydrogen-bond acceptors (Lipinski definition) is 5. The number of nitrogens with two attached hydrogens (primary N) is 1. The third-order valence-corrected chi connectivity index (χ3v) is 3.96. The van der Waals surface area contributed by atoms with Gasteiger partial charge >= 0.3 is 0 Å². The second-order valence-corrected chi connectivity index (χ2v) is 5.44. The number of rotatable bonds is 4. The van der Waals surface area contributed by atoms with Crippen LogP contribution in [0.4, 0.5) is 5.82 Å². The average molecular weight is 274 g/mol. The minimum absolute atomic E-state index is 0.694. The molecule has 19 heavy (non-hydrogen) atoms. The first-order chi connectivity index (χ1) is 9.10. The molecule has 0 amide bonds. The summed E-state index contributed by atoms with van der Waals surface area (Å²) in [5.41, 5.74) is 6.18. The van der Waals surface area contributed by atoms with Crippen molar-refractivity contribution in [3.8, 4) is 0 Å². The van der Waals surface area contributed by atoms with E-state index in [0.29, 0.717) is 5.82 Å². The highest BCUT2D eigenvalue weighted by Crippen LogP contribution is 2.27. The summed E-state index contributed by atoms with van der Waals surface area (Å²) in [5, 5.41) is 0.974. The van der Waals surface area contributed by atoms with Crippen molar-refractivity contribution in [3.05, 3.63) is 46.8 Å². The summed E-state index contributed by atoms with van der Waals surface area (Å²) in [6, 6.07) is 8.50. The first kappa shape index (κ1) is 13.8. The summed E-state index contributed by atoms with van der Waals surface area (Å²) in [5.74, 6) is 7.78. The van der Waals surface area contributed by atoms with E-state index in [4.69, 9.17) is 5.84 Å². The van der Waals surface area contributed by atoms with Gasteiger partial charge in [0, 0.05) is 11.3 Å². The lowest BCUT2D eigenvalue weighted by molar-refractivity contribution is 0.935. The van der Waals surface area contributed by atoms with E-state index in [1.165, 1.54) is 11.1 Å². The fourth-order valence-corrected chi connectivity index (χ4v) is 2.83. The predicted octanol–water partition coefficient (Wildman–Crippen LogP) is 2.98. The van der Waals surface area contributed by atoms with Crippen LogP contribution in [0.2, 0.25) is 0 Å². The molecule has 2 rings (SSSR count). The number of nitrogens with one attached hydrogen (secondary N) is 1. The maximum absolute atomic E-state index is 5.47. The lowest BCUT2D eigenvalue weighted by Crippen LogP contribution is -2.12. The summed E-state index contributed by atoms with van der Waals surface area (Å²) >= 11 is 1.71. The Morgan fingerprint density at radius 2 is 2.00 bits per heavy atom. The van der Waals surface area contributed by atoms with Crippen molar-refractivity contribution in [2.75, 3.05) is 5.43 Å². The summed E-state index contributed by atoms with van der Waals surface area (Å²) in [7, 11) is 0. The SMILES string of the molecule is Cc1cccc(CSc2nc(C)nc(NN)c2C)c1. The highest BCUT2D eigenvalue weighted by Gasteiger charge is 2.09. The van der Waals surface area contributed by atoms with Crippen LogP contribution in [0.25, 0.3) is 0 Å². The molecule has 2 aromatic rings. The molecular formula is C14H18N4S. The molecule has 0 unspecified atom stereocenters. The zero-order valence-corrected chi connectivity index (χ0v) is 12.2. The highest BCUT2D eigenvalue weighted by atomic mass is 32.2. The fraction of sp³-hybridized carbons (Fsp3) is 0.286. The second-order valence-electron chi connectivity index (χ2n) is 4.47. The van der Waals surface area contributed by atoms with Crippen molar-refractivity contribution in [1.29, 1.82) is 0 Å². The van der Waals surface area contributed by atoms with E-state index in [9.17, 15) is 0 Å². The normalized spacial score (nSPS) is 10.5. The van der Waals surface area contributed by atoms with Crippen LogP contribution in [0, 0.1) is 20.8 Å². The standard InChI is InChI=1S/C14H18N4S/c1-9-5-4-6-12(7-9)8-19-14-10(2)13(18-15)16-11(3)17-14/h4-7H,8,15H2,1-3H3,(H,16,17,18). The Morgan fingerprint density at radius 3 is 2.68 bits per heavy atom. The first-order valence-electron chi connectivity index (χ1n) is 6.10. The van der Waals surface area contributed by atoms with E-state index < -0.39 is 0 Å². The van der Waals surface area contributed by atoms with Gasteiger partial charge in [-0.3, -0.25) is 0 Å². The molecule has 1 heterocycles. The summed E-state index contributed by atoms with van der Waals surface area (Å²) < 4.78 is 0. The van der Waals surface area contributed by atoms with Crippen molar-refractivity contribution in [2.24, 2.45) is 5.84 Å². The molecule has 1 aromatic carbocycles. The lowest BCUT2D eigenvalue weighted by atomic mass is 10.2. The maximum atomic E-state index is 5.47. The van der Waals surface area contributed by atoms with Gasteiger partial charge in [0.1, 0.15) is 16.7 Å². The number of aromatic nitrogens is 2. The van der Waals surface area contributed by atoms with E-state index in [0.717, 1.165) is 22.2 Å². The van der Waals surface area contributed by atoms with Gasteiger partial charge in [-0.1, -0.05) is 29.8 Å². The highest BCUT2D eigenvalue weighted by molar-refractivity contribution is 7.98. The van der Waals surface area contributed by atoms with Gasteiger partial charge in [0.2, 0.25) is 0 Å². The quantitative estimate of drug-likeness (QED) is 0.388. The van der Waals surface area contributed by atoms with Gasteiger partial charge in [0.05, 0.1) is 0 Å². The minimum atomic E-state index is 0.694. The smallest absolute Gasteiger partial charge is 0.147 e. The molecule has 0 saturated carbocycles. The van der Waals surface area contributed by atoms with Gasteiger partial charge in [-0.2, -0.15) is 0 Å². The molecule has 100 valence electrons. The molecule has 0 aliphatic heterocycles. The molecule has 0 aliphatic rings. The molecule has 0 radical (unpaired) electrons. The number of benzene rings is 1. The number of anilines is 1.